The van der Waals surface area contributed by atoms with Crippen LogP contribution in [0.25, 0.3) is 11.0 Å². The van der Waals surface area contributed by atoms with Crippen molar-refractivity contribution in [2.75, 3.05) is 6.61 Å². The van der Waals surface area contributed by atoms with Crippen LogP contribution in [-0.4, -0.2) is 12.6 Å². The summed E-state index contributed by atoms with van der Waals surface area (Å²) in [6.45, 7) is 6.43. The molecule has 0 spiro atoms. The molecule has 0 fully saturated rings. The van der Waals surface area contributed by atoms with Crippen LogP contribution in [0.1, 0.15) is 35.6 Å². The van der Waals surface area contributed by atoms with Crippen LogP contribution in [0.3, 0.4) is 0 Å². The number of fused-ring (bicyclic) bond motifs is 1. The van der Waals surface area contributed by atoms with Gasteiger partial charge in [0, 0.05) is 23.4 Å². The lowest BCUT2D eigenvalue weighted by atomic mass is 10.0. The highest BCUT2D eigenvalue weighted by Crippen LogP contribution is 2.25. The molecule has 0 N–H and O–H groups in total. The van der Waals surface area contributed by atoms with E-state index in [2.05, 4.69) is 6.07 Å². The molecule has 0 bridgehead atoms. The van der Waals surface area contributed by atoms with Gasteiger partial charge in [0.05, 0.1) is 6.61 Å². The Bertz CT molecular complexity index is 1050. The topological polar surface area (TPSA) is 65.7 Å². The maximum absolute atomic E-state index is 12.4. The van der Waals surface area contributed by atoms with E-state index in [1.54, 1.807) is 13.0 Å². The largest absolute Gasteiger partial charge is 0.489 e. The van der Waals surface area contributed by atoms with Crippen molar-refractivity contribution < 1.29 is 18.7 Å². The summed E-state index contributed by atoms with van der Waals surface area (Å²) in [6.07, 6.45) is 0.456. The van der Waals surface area contributed by atoms with E-state index < -0.39 is 5.63 Å². The first-order valence-corrected chi connectivity index (χ1v) is 9.38. The Morgan fingerprint density at radius 3 is 2.68 bits per heavy atom. The monoisotopic (exact) mass is 380 g/mol. The van der Waals surface area contributed by atoms with Crippen molar-refractivity contribution in [1.82, 2.24) is 0 Å². The quantitative estimate of drug-likeness (QED) is 0.446. The molecule has 3 rings (SSSR count). The highest BCUT2D eigenvalue weighted by atomic mass is 16.5. The molecule has 5 heteroatoms. The van der Waals surface area contributed by atoms with Crippen molar-refractivity contribution in [2.24, 2.45) is 0 Å². The van der Waals surface area contributed by atoms with Crippen molar-refractivity contribution in [3.05, 3.63) is 75.1 Å². The molecule has 28 heavy (non-hydrogen) atoms. The van der Waals surface area contributed by atoms with Gasteiger partial charge in [0.2, 0.25) is 0 Å². The lowest BCUT2D eigenvalue weighted by Gasteiger charge is -2.10. The van der Waals surface area contributed by atoms with E-state index in [4.69, 9.17) is 13.9 Å². The van der Waals surface area contributed by atoms with E-state index >= 15 is 0 Å². The molecule has 1 heterocycles. The van der Waals surface area contributed by atoms with Gasteiger partial charge in [-0.05, 0) is 50.5 Å². The summed E-state index contributed by atoms with van der Waals surface area (Å²) >= 11 is 0. The van der Waals surface area contributed by atoms with Crippen molar-refractivity contribution >= 4 is 16.9 Å². The zero-order valence-corrected chi connectivity index (χ0v) is 16.4. The second kappa shape index (κ2) is 8.74. The molecule has 3 aromatic rings. The van der Waals surface area contributed by atoms with Gasteiger partial charge in [-0.15, -0.1) is 0 Å². The number of carbonyl (C=O) groups is 1. The first-order valence-electron chi connectivity index (χ1n) is 9.38. The Balaban J connectivity index is 1.80. The highest BCUT2D eigenvalue weighted by Gasteiger charge is 2.14. The van der Waals surface area contributed by atoms with Crippen molar-refractivity contribution in [3.8, 4) is 5.75 Å². The Hall–Kier alpha value is -3.08. The van der Waals surface area contributed by atoms with Crippen molar-refractivity contribution in [2.45, 2.75) is 40.2 Å². The van der Waals surface area contributed by atoms with Gasteiger partial charge in [0.25, 0.3) is 0 Å². The predicted molar refractivity (Wildman–Crippen MR) is 108 cm³/mol. The standard InChI is InChI=1S/C23H24O5/c1-4-26-22(24)11-10-20-16(3)19-9-8-18(13-21(19)28-23(20)25)27-14-17-7-5-6-15(2)12-17/h5-9,12-13H,4,10-11,14H2,1-3H3. The molecule has 0 saturated carbocycles. The average molecular weight is 380 g/mol. The number of carbonyl (C=O) groups excluding carboxylic acids is 1. The third-order valence-electron chi connectivity index (χ3n) is 4.63. The first kappa shape index (κ1) is 19.7. The zero-order valence-electron chi connectivity index (χ0n) is 16.4. The molecule has 0 saturated heterocycles. The van der Waals surface area contributed by atoms with Crippen LogP contribution in [0.15, 0.2) is 51.7 Å². The maximum atomic E-state index is 12.4. The van der Waals surface area contributed by atoms with Gasteiger partial charge in [-0.3, -0.25) is 4.79 Å². The molecule has 0 unspecified atom stereocenters. The van der Waals surface area contributed by atoms with E-state index in [1.165, 1.54) is 5.56 Å². The lowest BCUT2D eigenvalue weighted by Crippen LogP contribution is -2.13. The van der Waals surface area contributed by atoms with Crippen LogP contribution in [0.4, 0.5) is 0 Å². The van der Waals surface area contributed by atoms with Gasteiger partial charge < -0.3 is 13.9 Å². The minimum atomic E-state index is -0.426. The van der Waals surface area contributed by atoms with Crippen LogP contribution >= 0.6 is 0 Å². The molecule has 0 aliphatic heterocycles. The second-order valence-corrected chi connectivity index (χ2v) is 6.73. The number of hydrogen-bond acceptors (Lipinski definition) is 5. The summed E-state index contributed by atoms with van der Waals surface area (Å²) in [6, 6.07) is 13.6. The van der Waals surface area contributed by atoms with Gasteiger partial charge in [-0.1, -0.05) is 29.8 Å². The van der Waals surface area contributed by atoms with E-state index in [0.29, 0.717) is 36.5 Å². The molecule has 0 amide bonds. The minimum absolute atomic E-state index is 0.155. The smallest absolute Gasteiger partial charge is 0.339 e. The van der Waals surface area contributed by atoms with Crippen LogP contribution in [0, 0.1) is 13.8 Å². The Kier molecular flexibility index (Phi) is 6.14. The summed E-state index contributed by atoms with van der Waals surface area (Å²) in [4.78, 5) is 24.0. The van der Waals surface area contributed by atoms with E-state index in [9.17, 15) is 9.59 Å². The molecule has 5 nitrogen and oxygen atoms in total. The number of hydrogen-bond donors (Lipinski definition) is 0. The predicted octanol–water partition coefficient (Wildman–Crippen LogP) is 4.48. The fraction of sp³-hybridized carbons (Fsp3) is 0.304. The molecular formula is C23H24O5. The molecule has 2 aromatic carbocycles. The van der Waals surface area contributed by atoms with Crippen molar-refractivity contribution in [3.63, 3.8) is 0 Å². The lowest BCUT2D eigenvalue weighted by molar-refractivity contribution is -0.143. The molecule has 0 atom stereocenters. The summed E-state index contributed by atoms with van der Waals surface area (Å²) in [5, 5.41) is 0.835. The van der Waals surface area contributed by atoms with Crippen LogP contribution < -0.4 is 10.4 Å². The van der Waals surface area contributed by atoms with Gasteiger partial charge in [-0.2, -0.15) is 0 Å². The molecule has 1 aromatic heterocycles. The third-order valence-corrected chi connectivity index (χ3v) is 4.63. The Labute approximate surface area is 163 Å². The number of benzene rings is 2. The summed E-state index contributed by atoms with van der Waals surface area (Å²) in [5.74, 6) is 0.317. The van der Waals surface area contributed by atoms with E-state index in [0.717, 1.165) is 16.5 Å². The fourth-order valence-electron chi connectivity index (χ4n) is 3.18. The molecular weight excluding hydrogens is 356 g/mol. The summed E-state index contributed by atoms with van der Waals surface area (Å²) in [7, 11) is 0. The molecule has 0 radical (unpaired) electrons. The van der Waals surface area contributed by atoms with Gasteiger partial charge in [-0.25, -0.2) is 4.79 Å². The number of ether oxygens (including phenoxy) is 2. The second-order valence-electron chi connectivity index (χ2n) is 6.73. The van der Waals surface area contributed by atoms with E-state index in [-0.39, 0.29) is 12.4 Å². The number of aryl methyl sites for hydroxylation is 2. The first-order chi connectivity index (χ1) is 13.5. The Morgan fingerprint density at radius 1 is 1.11 bits per heavy atom. The minimum Gasteiger partial charge on any atom is -0.489 e. The number of esters is 1. The number of rotatable bonds is 7. The average Bonchev–Trinajstić information content (AvgIpc) is 2.66. The molecule has 0 aliphatic carbocycles. The zero-order chi connectivity index (χ0) is 20.1. The Morgan fingerprint density at radius 2 is 1.93 bits per heavy atom. The van der Waals surface area contributed by atoms with Crippen LogP contribution in [0.5, 0.6) is 5.75 Å². The van der Waals surface area contributed by atoms with Gasteiger partial charge >= 0.3 is 11.6 Å². The van der Waals surface area contributed by atoms with Crippen LogP contribution in [-0.2, 0) is 22.6 Å². The van der Waals surface area contributed by atoms with Crippen LogP contribution in [0.2, 0.25) is 0 Å². The maximum Gasteiger partial charge on any atom is 0.339 e. The fourth-order valence-corrected chi connectivity index (χ4v) is 3.18. The van der Waals surface area contributed by atoms with Gasteiger partial charge in [0.1, 0.15) is 17.9 Å². The molecule has 146 valence electrons. The summed E-state index contributed by atoms with van der Waals surface area (Å²) in [5.41, 5.74) is 3.63. The van der Waals surface area contributed by atoms with E-state index in [1.807, 2.05) is 44.2 Å². The summed E-state index contributed by atoms with van der Waals surface area (Å²) < 4.78 is 16.3. The van der Waals surface area contributed by atoms with Gasteiger partial charge in [0.15, 0.2) is 0 Å². The SMILES string of the molecule is CCOC(=O)CCc1c(C)c2ccc(OCc3cccc(C)c3)cc2oc1=O. The third kappa shape index (κ3) is 4.60. The normalized spacial score (nSPS) is 10.8. The molecule has 0 aliphatic rings. The highest BCUT2D eigenvalue weighted by molar-refractivity contribution is 5.82. The van der Waals surface area contributed by atoms with Crippen molar-refractivity contribution in [1.29, 1.82) is 0 Å².